The van der Waals surface area contributed by atoms with Gasteiger partial charge in [-0.3, -0.25) is 4.79 Å². The van der Waals surface area contributed by atoms with Crippen molar-refractivity contribution in [2.75, 3.05) is 11.9 Å². The normalized spacial score (nSPS) is 9.93. The summed E-state index contributed by atoms with van der Waals surface area (Å²) in [7, 11) is 0. The fourth-order valence-corrected chi connectivity index (χ4v) is 0.829. The third kappa shape index (κ3) is 2.38. The van der Waals surface area contributed by atoms with Crippen molar-refractivity contribution in [2.45, 2.75) is 0 Å². The zero-order valence-electron chi connectivity index (χ0n) is 6.85. The molecule has 76 valence electrons. The van der Waals surface area contributed by atoms with Crippen molar-refractivity contribution in [3.63, 3.8) is 0 Å². The van der Waals surface area contributed by atoms with Crippen LogP contribution in [0.1, 0.15) is 0 Å². The van der Waals surface area contributed by atoms with Crippen LogP contribution in [0.15, 0.2) is 12.1 Å². The zero-order chi connectivity index (χ0) is 10.7. The van der Waals surface area contributed by atoms with E-state index in [1.807, 2.05) is 0 Å². The van der Waals surface area contributed by atoms with Crippen molar-refractivity contribution >= 4 is 11.7 Å². The van der Waals surface area contributed by atoms with Gasteiger partial charge in [0.15, 0.2) is 11.6 Å². The SMILES string of the molecule is O=C(O)CNc1cc(F)c(F)cc1F. The second-order valence-corrected chi connectivity index (χ2v) is 2.49. The van der Waals surface area contributed by atoms with Gasteiger partial charge in [0.1, 0.15) is 12.4 Å². The lowest BCUT2D eigenvalue weighted by Gasteiger charge is -2.04. The van der Waals surface area contributed by atoms with Crippen LogP contribution < -0.4 is 5.32 Å². The fourth-order valence-electron chi connectivity index (χ4n) is 0.829. The number of halogens is 3. The second kappa shape index (κ2) is 3.99. The van der Waals surface area contributed by atoms with Gasteiger partial charge in [-0.15, -0.1) is 0 Å². The molecule has 0 fully saturated rings. The van der Waals surface area contributed by atoms with E-state index in [9.17, 15) is 18.0 Å². The van der Waals surface area contributed by atoms with Crippen molar-refractivity contribution in [3.8, 4) is 0 Å². The lowest BCUT2D eigenvalue weighted by molar-refractivity contribution is -0.134. The quantitative estimate of drug-likeness (QED) is 0.737. The van der Waals surface area contributed by atoms with Crippen LogP contribution >= 0.6 is 0 Å². The molecule has 0 saturated carbocycles. The molecular formula is C8H6F3NO2. The van der Waals surface area contributed by atoms with Crippen LogP contribution in [0.25, 0.3) is 0 Å². The van der Waals surface area contributed by atoms with Crippen LogP contribution in [-0.2, 0) is 4.79 Å². The summed E-state index contributed by atoms with van der Waals surface area (Å²) in [5.41, 5.74) is -0.383. The van der Waals surface area contributed by atoms with E-state index in [-0.39, 0.29) is 5.69 Å². The molecule has 1 aromatic rings. The number of carboxylic acid groups (broad SMARTS) is 1. The summed E-state index contributed by atoms with van der Waals surface area (Å²) in [5, 5.41) is 10.3. The minimum Gasteiger partial charge on any atom is -0.480 e. The van der Waals surface area contributed by atoms with Crippen LogP contribution in [-0.4, -0.2) is 17.6 Å². The van der Waals surface area contributed by atoms with E-state index < -0.39 is 30.0 Å². The molecule has 0 radical (unpaired) electrons. The molecule has 0 heterocycles. The Morgan fingerprint density at radius 2 is 1.79 bits per heavy atom. The first kappa shape index (κ1) is 10.4. The summed E-state index contributed by atoms with van der Waals surface area (Å²) >= 11 is 0. The number of carbonyl (C=O) groups is 1. The van der Waals surface area contributed by atoms with E-state index in [1.165, 1.54) is 0 Å². The van der Waals surface area contributed by atoms with Gasteiger partial charge >= 0.3 is 5.97 Å². The minimum absolute atomic E-state index is 0.347. The van der Waals surface area contributed by atoms with Gasteiger partial charge in [-0.2, -0.15) is 0 Å². The number of hydrogen-bond donors (Lipinski definition) is 2. The van der Waals surface area contributed by atoms with E-state index >= 15 is 0 Å². The van der Waals surface area contributed by atoms with E-state index in [1.54, 1.807) is 0 Å². The van der Waals surface area contributed by atoms with Crippen molar-refractivity contribution in [1.82, 2.24) is 0 Å². The van der Waals surface area contributed by atoms with Gasteiger partial charge in [0, 0.05) is 12.1 Å². The number of benzene rings is 1. The number of carboxylic acids is 1. The smallest absolute Gasteiger partial charge is 0.322 e. The standard InChI is InChI=1S/C8H6F3NO2/c9-4-1-6(11)7(2-5(4)10)12-3-8(13)14/h1-2,12H,3H2,(H,13,14). The first-order chi connectivity index (χ1) is 6.50. The molecule has 0 aliphatic carbocycles. The molecule has 0 atom stereocenters. The number of aliphatic carboxylic acids is 1. The molecule has 6 heteroatoms. The van der Waals surface area contributed by atoms with Gasteiger partial charge in [0.05, 0.1) is 5.69 Å². The molecule has 2 N–H and O–H groups in total. The van der Waals surface area contributed by atoms with Gasteiger partial charge in [0.25, 0.3) is 0 Å². The Morgan fingerprint density at radius 3 is 2.36 bits per heavy atom. The van der Waals surface area contributed by atoms with Gasteiger partial charge < -0.3 is 10.4 Å². The second-order valence-electron chi connectivity index (χ2n) is 2.49. The Bertz CT molecular complexity index is 368. The van der Waals surface area contributed by atoms with E-state index in [0.717, 1.165) is 0 Å². The number of nitrogens with one attached hydrogen (secondary N) is 1. The lowest BCUT2D eigenvalue weighted by atomic mass is 10.3. The Hall–Kier alpha value is -1.72. The summed E-state index contributed by atoms with van der Waals surface area (Å²) in [6.07, 6.45) is 0. The Morgan fingerprint density at radius 1 is 1.21 bits per heavy atom. The molecular weight excluding hydrogens is 199 g/mol. The van der Waals surface area contributed by atoms with E-state index in [2.05, 4.69) is 5.32 Å². The number of hydrogen-bond acceptors (Lipinski definition) is 2. The number of rotatable bonds is 3. The van der Waals surface area contributed by atoms with E-state index in [0.29, 0.717) is 12.1 Å². The Balaban J connectivity index is 2.87. The molecule has 0 unspecified atom stereocenters. The third-order valence-corrected chi connectivity index (χ3v) is 1.44. The summed E-state index contributed by atoms with van der Waals surface area (Å²) in [4.78, 5) is 10.1. The maximum Gasteiger partial charge on any atom is 0.322 e. The monoisotopic (exact) mass is 205 g/mol. The Labute approximate surface area is 77.2 Å². The van der Waals surface area contributed by atoms with Crippen LogP contribution in [0, 0.1) is 17.5 Å². The average molecular weight is 205 g/mol. The highest BCUT2D eigenvalue weighted by molar-refractivity contribution is 5.72. The highest BCUT2D eigenvalue weighted by Crippen LogP contribution is 2.17. The summed E-state index contributed by atoms with van der Waals surface area (Å²) in [6.45, 7) is -0.567. The molecule has 0 aromatic heterocycles. The lowest BCUT2D eigenvalue weighted by Crippen LogP contribution is -2.13. The molecule has 1 rings (SSSR count). The summed E-state index contributed by atoms with van der Waals surface area (Å²) < 4.78 is 37.8. The molecule has 0 aliphatic heterocycles. The molecule has 0 spiro atoms. The first-order valence-electron chi connectivity index (χ1n) is 3.61. The van der Waals surface area contributed by atoms with Crippen molar-refractivity contribution in [1.29, 1.82) is 0 Å². The summed E-state index contributed by atoms with van der Waals surface area (Å²) in [6, 6.07) is 0.910. The highest BCUT2D eigenvalue weighted by atomic mass is 19.2. The maximum absolute atomic E-state index is 12.8. The summed E-state index contributed by atoms with van der Waals surface area (Å²) in [5.74, 6) is -4.82. The van der Waals surface area contributed by atoms with Crippen LogP contribution in [0.2, 0.25) is 0 Å². The molecule has 3 nitrogen and oxygen atoms in total. The van der Waals surface area contributed by atoms with Gasteiger partial charge in [-0.1, -0.05) is 0 Å². The molecule has 0 saturated heterocycles. The first-order valence-corrected chi connectivity index (χ1v) is 3.61. The van der Waals surface area contributed by atoms with Crippen LogP contribution in [0.5, 0.6) is 0 Å². The Kier molecular flexibility index (Phi) is 2.95. The van der Waals surface area contributed by atoms with Crippen molar-refractivity contribution in [3.05, 3.63) is 29.6 Å². The number of anilines is 1. The molecule has 0 bridgehead atoms. The molecule has 14 heavy (non-hydrogen) atoms. The molecule has 0 aliphatic rings. The van der Waals surface area contributed by atoms with Crippen molar-refractivity contribution in [2.24, 2.45) is 0 Å². The fraction of sp³-hybridized carbons (Fsp3) is 0.125. The van der Waals surface area contributed by atoms with E-state index in [4.69, 9.17) is 5.11 Å². The van der Waals surface area contributed by atoms with Gasteiger partial charge in [-0.25, -0.2) is 13.2 Å². The van der Waals surface area contributed by atoms with Crippen molar-refractivity contribution < 1.29 is 23.1 Å². The third-order valence-electron chi connectivity index (χ3n) is 1.44. The van der Waals surface area contributed by atoms with Crippen LogP contribution in [0.4, 0.5) is 18.9 Å². The topological polar surface area (TPSA) is 49.3 Å². The predicted molar refractivity (Wildman–Crippen MR) is 42.4 cm³/mol. The van der Waals surface area contributed by atoms with Gasteiger partial charge in [-0.05, 0) is 0 Å². The molecule has 0 amide bonds. The minimum atomic E-state index is -1.32. The predicted octanol–water partition coefficient (Wildman–Crippen LogP) is 1.60. The molecule has 1 aromatic carbocycles. The highest BCUT2D eigenvalue weighted by Gasteiger charge is 2.09. The largest absolute Gasteiger partial charge is 0.480 e. The average Bonchev–Trinajstić information content (AvgIpc) is 2.09. The van der Waals surface area contributed by atoms with Crippen LogP contribution in [0.3, 0.4) is 0 Å². The maximum atomic E-state index is 12.8. The zero-order valence-corrected chi connectivity index (χ0v) is 6.85. The van der Waals surface area contributed by atoms with Gasteiger partial charge in [0.2, 0.25) is 0 Å².